The molecule has 24 heavy (non-hydrogen) atoms. The number of hydrogen-bond donors (Lipinski definition) is 0. The summed E-state index contributed by atoms with van der Waals surface area (Å²) < 4.78 is 7.69. The Morgan fingerprint density at radius 1 is 1.04 bits per heavy atom. The lowest BCUT2D eigenvalue weighted by atomic mass is 10.2. The molecule has 3 rings (SSSR count). The van der Waals surface area contributed by atoms with Crippen LogP contribution in [0.1, 0.15) is 17.0 Å². The van der Waals surface area contributed by atoms with Gasteiger partial charge in [0.1, 0.15) is 12.4 Å². The molecule has 0 radical (unpaired) electrons. The van der Waals surface area contributed by atoms with E-state index in [0.29, 0.717) is 11.6 Å². The molecular formula is C18H18ClN3OS. The van der Waals surface area contributed by atoms with Crippen molar-refractivity contribution in [1.29, 1.82) is 0 Å². The first-order valence-corrected chi connectivity index (χ1v) is 8.93. The molecule has 124 valence electrons. The third kappa shape index (κ3) is 4.30. The molecule has 0 bridgehead atoms. The number of rotatable bonds is 6. The number of nitrogens with zero attached hydrogens (tertiary/aromatic N) is 3. The minimum atomic E-state index is 0.371. The van der Waals surface area contributed by atoms with Crippen LogP contribution in [-0.2, 0) is 19.4 Å². The lowest BCUT2D eigenvalue weighted by molar-refractivity contribution is 0.290. The highest BCUT2D eigenvalue weighted by molar-refractivity contribution is 7.98. The number of halogens is 1. The summed E-state index contributed by atoms with van der Waals surface area (Å²) in [5.41, 5.74) is 2.54. The van der Waals surface area contributed by atoms with Gasteiger partial charge in [-0.15, -0.1) is 10.2 Å². The van der Waals surface area contributed by atoms with E-state index in [1.165, 1.54) is 11.1 Å². The Hall–Kier alpha value is -1.98. The summed E-state index contributed by atoms with van der Waals surface area (Å²) in [6.07, 6.45) is 0. The second-order valence-electron chi connectivity index (χ2n) is 5.47. The van der Waals surface area contributed by atoms with E-state index in [-0.39, 0.29) is 0 Å². The van der Waals surface area contributed by atoms with E-state index >= 15 is 0 Å². The largest absolute Gasteiger partial charge is 0.486 e. The molecule has 0 aliphatic heterocycles. The Bertz CT molecular complexity index is 733. The van der Waals surface area contributed by atoms with Gasteiger partial charge in [-0.1, -0.05) is 53.2 Å². The van der Waals surface area contributed by atoms with Crippen molar-refractivity contribution in [2.75, 3.05) is 0 Å². The Morgan fingerprint density at radius 3 is 2.46 bits per heavy atom. The molecule has 0 atom stereocenters. The summed E-state index contributed by atoms with van der Waals surface area (Å²) in [6.45, 7) is 2.46. The number of thioether (sulfide) groups is 1. The average Bonchev–Trinajstić information content (AvgIpc) is 2.94. The smallest absolute Gasteiger partial charge is 0.191 e. The van der Waals surface area contributed by atoms with Gasteiger partial charge in [0.25, 0.3) is 0 Å². The summed E-state index contributed by atoms with van der Waals surface area (Å²) in [6, 6.07) is 15.8. The van der Waals surface area contributed by atoms with E-state index in [1.807, 2.05) is 23.7 Å². The van der Waals surface area contributed by atoms with E-state index in [0.717, 1.165) is 22.5 Å². The van der Waals surface area contributed by atoms with Crippen molar-refractivity contribution < 1.29 is 4.74 Å². The quantitative estimate of drug-likeness (QED) is 0.601. The van der Waals surface area contributed by atoms with Crippen molar-refractivity contribution in [1.82, 2.24) is 14.8 Å². The summed E-state index contributed by atoms with van der Waals surface area (Å²) in [5, 5.41) is 10.0. The summed E-state index contributed by atoms with van der Waals surface area (Å²) in [4.78, 5) is 0. The van der Waals surface area contributed by atoms with Gasteiger partial charge in [-0.05, 0) is 36.8 Å². The van der Waals surface area contributed by atoms with Gasteiger partial charge >= 0.3 is 0 Å². The molecule has 0 unspecified atom stereocenters. The van der Waals surface area contributed by atoms with Crippen LogP contribution in [0.25, 0.3) is 0 Å². The number of aromatic nitrogens is 3. The predicted molar refractivity (Wildman–Crippen MR) is 97.5 cm³/mol. The number of ether oxygens (including phenoxy) is 1. The van der Waals surface area contributed by atoms with E-state index in [9.17, 15) is 0 Å². The SMILES string of the molecule is Cc1ccc(CSc2nnc(COc3ccc(Cl)cc3)n2C)cc1. The standard InChI is InChI=1S/C18H18ClN3OS/c1-13-3-5-14(6-4-13)12-24-18-21-20-17(22(18)2)11-23-16-9-7-15(19)8-10-16/h3-10H,11-12H2,1-2H3. The Balaban J connectivity index is 1.58. The fourth-order valence-electron chi connectivity index (χ4n) is 2.11. The molecule has 2 aromatic carbocycles. The van der Waals surface area contributed by atoms with Crippen molar-refractivity contribution in [2.45, 2.75) is 24.4 Å². The van der Waals surface area contributed by atoms with Gasteiger partial charge in [-0.2, -0.15) is 0 Å². The van der Waals surface area contributed by atoms with Crippen LogP contribution in [0.3, 0.4) is 0 Å². The highest BCUT2D eigenvalue weighted by Gasteiger charge is 2.10. The molecule has 0 spiro atoms. The fraction of sp³-hybridized carbons (Fsp3) is 0.222. The normalized spacial score (nSPS) is 10.8. The fourth-order valence-corrected chi connectivity index (χ4v) is 3.12. The van der Waals surface area contributed by atoms with Crippen molar-refractivity contribution in [3.63, 3.8) is 0 Å². The monoisotopic (exact) mass is 359 g/mol. The molecule has 4 nitrogen and oxygen atoms in total. The molecule has 1 heterocycles. The first-order valence-electron chi connectivity index (χ1n) is 7.57. The van der Waals surface area contributed by atoms with E-state index in [2.05, 4.69) is 41.4 Å². The first-order chi connectivity index (χ1) is 11.6. The summed E-state index contributed by atoms with van der Waals surface area (Å²) in [5.74, 6) is 2.41. The maximum atomic E-state index is 5.87. The third-order valence-electron chi connectivity index (χ3n) is 3.60. The Morgan fingerprint density at radius 2 is 1.75 bits per heavy atom. The third-order valence-corrected chi connectivity index (χ3v) is 4.94. The minimum absolute atomic E-state index is 0.371. The maximum Gasteiger partial charge on any atom is 0.191 e. The zero-order valence-electron chi connectivity index (χ0n) is 13.6. The van der Waals surface area contributed by atoms with Gasteiger partial charge in [0, 0.05) is 17.8 Å². The summed E-state index contributed by atoms with van der Waals surface area (Å²) in [7, 11) is 1.96. The molecule has 3 aromatic rings. The van der Waals surface area contributed by atoms with E-state index < -0.39 is 0 Å². The first kappa shape index (κ1) is 16.9. The maximum absolute atomic E-state index is 5.87. The van der Waals surface area contributed by atoms with Gasteiger partial charge in [0.05, 0.1) is 0 Å². The van der Waals surface area contributed by atoms with Crippen molar-refractivity contribution in [3.05, 3.63) is 70.5 Å². The van der Waals surface area contributed by atoms with Gasteiger partial charge in [0.2, 0.25) is 0 Å². The van der Waals surface area contributed by atoms with Gasteiger partial charge in [-0.25, -0.2) is 0 Å². The van der Waals surface area contributed by atoms with Crippen LogP contribution in [-0.4, -0.2) is 14.8 Å². The van der Waals surface area contributed by atoms with Crippen LogP contribution in [0.15, 0.2) is 53.7 Å². The second-order valence-corrected chi connectivity index (χ2v) is 6.85. The minimum Gasteiger partial charge on any atom is -0.486 e. The second kappa shape index (κ2) is 7.73. The topological polar surface area (TPSA) is 39.9 Å². The van der Waals surface area contributed by atoms with Crippen molar-refractivity contribution in [3.8, 4) is 5.75 Å². The molecule has 0 fully saturated rings. The van der Waals surface area contributed by atoms with Crippen LogP contribution in [0.4, 0.5) is 0 Å². The highest BCUT2D eigenvalue weighted by atomic mass is 35.5. The predicted octanol–water partition coefficient (Wildman–Crippen LogP) is 4.65. The average molecular weight is 360 g/mol. The number of hydrogen-bond acceptors (Lipinski definition) is 4. The van der Waals surface area contributed by atoms with Gasteiger partial charge in [0.15, 0.2) is 11.0 Å². The Kier molecular flexibility index (Phi) is 5.43. The number of aryl methyl sites for hydroxylation is 1. The van der Waals surface area contributed by atoms with Crippen LogP contribution >= 0.6 is 23.4 Å². The van der Waals surface area contributed by atoms with Crippen LogP contribution in [0.5, 0.6) is 5.75 Å². The molecule has 0 saturated heterocycles. The molecule has 0 N–H and O–H groups in total. The van der Waals surface area contributed by atoms with E-state index in [4.69, 9.17) is 16.3 Å². The summed E-state index contributed by atoms with van der Waals surface area (Å²) >= 11 is 7.53. The molecule has 6 heteroatoms. The lowest BCUT2D eigenvalue weighted by Gasteiger charge is -2.07. The van der Waals surface area contributed by atoms with Gasteiger partial charge < -0.3 is 9.30 Å². The molecule has 1 aromatic heterocycles. The molecule has 0 aliphatic rings. The molecule has 0 saturated carbocycles. The van der Waals surface area contributed by atoms with Crippen LogP contribution < -0.4 is 4.74 Å². The Labute approximate surface area is 150 Å². The highest BCUT2D eigenvalue weighted by Crippen LogP contribution is 2.22. The van der Waals surface area contributed by atoms with Crippen LogP contribution in [0.2, 0.25) is 5.02 Å². The zero-order chi connectivity index (χ0) is 16.9. The molecule has 0 amide bonds. The number of benzene rings is 2. The van der Waals surface area contributed by atoms with Crippen molar-refractivity contribution >= 4 is 23.4 Å². The lowest BCUT2D eigenvalue weighted by Crippen LogP contribution is -2.04. The zero-order valence-corrected chi connectivity index (χ0v) is 15.1. The molecule has 0 aliphatic carbocycles. The van der Waals surface area contributed by atoms with Gasteiger partial charge in [-0.3, -0.25) is 0 Å². The molecular weight excluding hydrogens is 342 g/mol. The van der Waals surface area contributed by atoms with Crippen molar-refractivity contribution in [2.24, 2.45) is 7.05 Å². The van der Waals surface area contributed by atoms with Crippen LogP contribution in [0, 0.1) is 6.92 Å². The van der Waals surface area contributed by atoms with E-state index in [1.54, 1.807) is 23.9 Å².